The van der Waals surface area contributed by atoms with E-state index in [9.17, 15) is 0 Å². The lowest BCUT2D eigenvalue weighted by atomic mass is 10.2. The molecule has 0 radical (unpaired) electrons. The molecule has 0 fully saturated rings. The summed E-state index contributed by atoms with van der Waals surface area (Å²) < 4.78 is 2.80. The minimum absolute atomic E-state index is 0.631. The van der Waals surface area contributed by atoms with Crippen LogP contribution in [0.4, 0.5) is 0 Å². The molecule has 3 nitrogen and oxygen atoms in total. The first-order chi connectivity index (χ1) is 7.22. The number of nitrogens with zero attached hydrogens (tertiary/aromatic N) is 2. The molecule has 0 atom stereocenters. The third-order valence-electron chi connectivity index (χ3n) is 2.25. The highest BCUT2D eigenvalue weighted by atomic mass is 35.5. The molecule has 2 aromatic heterocycles. The van der Waals surface area contributed by atoms with E-state index < -0.39 is 0 Å². The average Bonchev–Trinajstić information content (AvgIpc) is 2.76. The Morgan fingerprint density at radius 2 is 2.33 bits per heavy atom. The van der Waals surface area contributed by atoms with Crippen LogP contribution in [-0.2, 0) is 13.5 Å². The molecular weight excluding hydrogens is 230 g/mol. The summed E-state index contributed by atoms with van der Waals surface area (Å²) in [6.07, 6.45) is 2.65. The van der Waals surface area contributed by atoms with Gasteiger partial charge in [-0.05, 0) is 18.7 Å². The van der Waals surface area contributed by atoms with Crippen LogP contribution in [0, 0.1) is 0 Å². The predicted molar refractivity (Wildman–Crippen MR) is 64.3 cm³/mol. The van der Waals surface area contributed by atoms with Crippen LogP contribution in [0.15, 0.2) is 18.5 Å². The first-order valence-electron chi connectivity index (χ1n) is 4.68. The standard InChI is InChI=1S/C10H12ClN3S/c1-14-6-13-10(7(14)4-5-12)8-2-3-9(11)15-8/h2-3,6H,4-5,12H2,1H3. The van der Waals surface area contributed by atoms with Gasteiger partial charge in [0, 0.05) is 19.2 Å². The van der Waals surface area contributed by atoms with Gasteiger partial charge < -0.3 is 10.3 Å². The summed E-state index contributed by atoms with van der Waals surface area (Å²) in [6.45, 7) is 0.631. The fourth-order valence-corrected chi connectivity index (χ4v) is 2.60. The lowest BCUT2D eigenvalue weighted by Crippen LogP contribution is -2.07. The molecule has 2 rings (SSSR count). The van der Waals surface area contributed by atoms with Crippen molar-refractivity contribution >= 4 is 22.9 Å². The molecule has 2 heterocycles. The van der Waals surface area contributed by atoms with E-state index in [1.54, 1.807) is 11.3 Å². The molecule has 2 N–H and O–H groups in total. The largest absolute Gasteiger partial charge is 0.337 e. The van der Waals surface area contributed by atoms with Gasteiger partial charge in [-0.3, -0.25) is 0 Å². The molecular formula is C10H12ClN3S. The number of imidazole rings is 1. The highest BCUT2D eigenvalue weighted by molar-refractivity contribution is 7.19. The van der Waals surface area contributed by atoms with Crippen molar-refractivity contribution in [3.8, 4) is 10.6 Å². The monoisotopic (exact) mass is 241 g/mol. The molecule has 0 saturated heterocycles. The molecule has 0 saturated carbocycles. The van der Waals surface area contributed by atoms with Crippen molar-refractivity contribution in [1.29, 1.82) is 0 Å². The fourth-order valence-electron chi connectivity index (χ4n) is 1.53. The van der Waals surface area contributed by atoms with Gasteiger partial charge in [0.15, 0.2) is 0 Å². The van der Waals surface area contributed by atoms with Gasteiger partial charge in [-0.25, -0.2) is 4.98 Å². The van der Waals surface area contributed by atoms with Gasteiger partial charge in [0.25, 0.3) is 0 Å². The summed E-state index contributed by atoms with van der Waals surface area (Å²) >= 11 is 7.45. The molecule has 80 valence electrons. The summed E-state index contributed by atoms with van der Waals surface area (Å²) in [5.74, 6) is 0. The summed E-state index contributed by atoms with van der Waals surface area (Å²) in [4.78, 5) is 5.48. The molecule has 0 aliphatic heterocycles. The number of nitrogens with two attached hydrogens (primary N) is 1. The Morgan fingerprint density at radius 3 is 2.93 bits per heavy atom. The first kappa shape index (κ1) is 10.7. The van der Waals surface area contributed by atoms with Crippen LogP contribution < -0.4 is 5.73 Å². The molecule has 5 heteroatoms. The Balaban J connectivity index is 2.43. The Morgan fingerprint density at radius 1 is 1.53 bits per heavy atom. The lowest BCUT2D eigenvalue weighted by molar-refractivity contribution is 0.806. The van der Waals surface area contributed by atoms with E-state index in [1.807, 2.05) is 30.1 Å². The SMILES string of the molecule is Cn1cnc(-c2ccc(Cl)s2)c1CCN. The summed E-state index contributed by atoms with van der Waals surface area (Å²) in [7, 11) is 1.98. The van der Waals surface area contributed by atoms with Crippen molar-refractivity contribution in [2.45, 2.75) is 6.42 Å². The van der Waals surface area contributed by atoms with E-state index in [0.29, 0.717) is 6.54 Å². The van der Waals surface area contributed by atoms with Gasteiger partial charge in [0.05, 0.1) is 15.5 Å². The van der Waals surface area contributed by atoms with Crippen LogP contribution in [0.1, 0.15) is 5.69 Å². The van der Waals surface area contributed by atoms with E-state index in [4.69, 9.17) is 17.3 Å². The molecule has 2 aromatic rings. The van der Waals surface area contributed by atoms with Gasteiger partial charge in [0.1, 0.15) is 5.69 Å². The van der Waals surface area contributed by atoms with E-state index in [2.05, 4.69) is 4.98 Å². The predicted octanol–water partition coefficient (Wildman–Crippen LogP) is 2.30. The summed E-state index contributed by atoms with van der Waals surface area (Å²) in [5, 5.41) is 0. The lowest BCUT2D eigenvalue weighted by Gasteiger charge is -2.02. The van der Waals surface area contributed by atoms with Crippen LogP contribution >= 0.6 is 22.9 Å². The maximum Gasteiger partial charge on any atom is 0.101 e. The highest BCUT2D eigenvalue weighted by Crippen LogP contribution is 2.31. The Kier molecular flexibility index (Phi) is 3.09. The first-order valence-corrected chi connectivity index (χ1v) is 5.88. The second kappa shape index (κ2) is 4.35. The fraction of sp³-hybridized carbons (Fsp3) is 0.300. The number of halogens is 1. The van der Waals surface area contributed by atoms with Crippen molar-refractivity contribution in [3.63, 3.8) is 0 Å². The quantitative estimate of drug-likeness (QED) is 0.896. The number of hydrogen-bond acceptors (Lipinski definition) is 3. The van der Waals surface area contributed by atoms with Crippen molar-refractivity contribution in [2.75, 3.05) is 6.54 Å². The molecule has 0 spiro atoms. The topological polar surface area (TPSA) is 43.8 Å². The third-order valence-corrected chi connectivity index (χ3v) is 3.48. The van der Waals surface area contributed by atoms with Crippen LogP contribution in [0.2, 0.25) is 4.34 Å². The molecule has 0 bridgehead atoms. The molecule has 15 heavy (non-hydrogen) atoms. The zero-order chi connectivity index (χ0) is 10.8. The summed E-state index contributed by atoms with van der Waals surface area (Å²) in [5.41, 5.74) is 7.74. The van der Waals surface area contributed by atoms with Crippen molar-refractivity contribution in [1.82, 2.24) is 9.55 Å². The van der Waals surface area contributed by atoms with Crippen LogP contribution in [0.3, 0.4) is 0 Å². The average molecular weight is 242 g/mol. The Labute approximate surface area is 97.5 Å². The molecule has 0 amide bonds. The Bertz CT molecular complexity index is 461. The van der Waals surface area contributed by atoms with Crippen LogP contribution in [0.25, 0.3) is 10.6 Å². The van der Waals surface area contributed by atoms with Gasteiger partial charge >= 0.3 is 0 Å². The maximum absolute atomic E-state index is 5.91. The third kappa shape index (κ3) is 2.07. The van der Waals surface area contributed by atoms with E-state index in [1.165, 1.54) is 0 Å². The molecule has 0 aliphatic rings. The minimum Gasteiger partial charge on any atom is -0.337 e. The van der Waals surface area contributed by atoms with Crippen LogP contribution in [0.5, 0.6) is 0 Å². The van der Waals surface area contributed by atoms with Crippen molar-refractivity contribution < 1.29 is 0 Å². The van der Waals surface area contributed by atoms with Gasteiger partial charge in [0.2, 0.25) is 0 Å². The van der Waals surface area contributed by atoms with Crippen molar-refractivity contribution in [3.05, 3.63) is 28.5 Å². The maximum atomic E-state index is 5.91. The van der Waals surface area contributed by atoms with E-state index in [0.717, 1.165) is 27.0 Å². The number of rotatable bonds is 3. The number of hydrogen-bond donors (Lipinski definition) is 1. The second-order valence-corrected chi connectivity index (χ2v) is 5.01. The number of thiophene rings is 1. The normalized spacial score (nSPS) is 10.9. The Hall–Kier alpha value is -0.840. The second-order valence-electron chi connectivity index (χ2n) is 3.29. The zero-order valence-corrected chi connectivity index (χ0v) is 9.98. The highest BCUT2D eigenvalue weighted by Gasteiger charge is 2.11. The van der Waals surface area contributed by atoms with Crippen molar-refractivity contribution in [2.24, 2.45) is 12.8 Å². The van der Waals surface area contributed by atoms with Gasteiger partial charge in [-0.1, -0.05) is 11.6 Å². The molecule has 0 aromatic carbocycles. The van der Waals surface area contributed by atoms with Gasteiger partial charge in [-0.15, -0.1) is 11.3 Å². The molecule has 0 aliphatic carbocycles. The zero-order valence-electron chi connectivity index (χ0n) is 8.40. The van der Waals surface area contributed by atoms with E-state index >= 15 is 0 Å². The van der Waals surface area contributed by atoms with Gasteiger partial charge in [-0.2, -0.15) is 0 Å². The summed E-state index contributed by atoms with van der Waals surface area (Å²) in [6, 6.07) is 3.89. The smallest absolute Gasteiger partial charge is 0.101 e. The minimum atomic E-state index is 0.631. The number of aromatic nitrogens is 2. The molecule has 0 unspecified atom stereocenters. The van der Waals surface area contributed by atoms with E-state index in [-0.39, 0.29) is 0 Å². The van der Waals surface area contributed by atoms with Crippen LogP contribution in [-0.4, -0.2) is 16.1 Å². The number of aryl methyl sites for hydroxylation is 1.